The molecular weight excluding hydrogens is 358 g/mol. The number of hydrogen-bond acceptors (Lipinski definition) is 2. The van der Waals surface area contributed by atoms with Crippen molar-refractivity contribution in [2.75, 3.05) is 11.4 Å². The van der Waals surface area contributed by atoms with Crippen LogP contribution in [0.15, 0.2) is 53.0 Å². The lowest BCUT2D eigenvalue weighted by Crippen LogP contribution is -2.35. The molecular formula is C15H11BrClNO3. The quantitative estimate of drug-likeness (QED) is 0.892. The van der Waals surface area contributed by atoms with Gasteiger partial charge in [-0.3, -0.25) is 14.5 Å². The lowest BCUT2D eigenvalue weighted by atomic mass is 10.1. The summed E-state index contributed by atoms with van der Waals surface area (Å²) in [6.45, 7) is -0.439. The van der Waals surface area contributed by atoms with E-state index >= 15 is 0 Å². The second-order valence-corrected chi connectivity index (χ2v) is 5.57. The zero-order valence-corrected chi connectivity index (χ0v) is 13.1. The summed E-state index contributed by atoms with van der Waals surface area (Å²) in [5.74, 6) is -1.56. The normalized spacial score (nSPS) is 10.2. The van der Waals surface area contributed by atoms with Crippen molar-refractivity contribution in [1.29, 1.82) is 0 Å². The largest absolute Gasteiger partial charge is 0.480 e. The lowest BCUT2D eigenvalue weighted by molar-refractivity contribution is -0.135. The van der Waals surface area contributed by atoms with Gasteiger partial charge in [-0.25, -0.2) is 0 Å². The molecule has 0 spiro atoms. The zero-order valence-electron chi connectivity index (χ0n) is 10.8. The first-order valence-corrected chi connectivity index (χ1v) is 7.20. The third kappa shape index (κ3) is 3.83. The van der Waals surface area contributed by atoms with Crippen LogP contribution in [0.4, 0.5) is 5.69 Å². The molecule has 0 saturated heterocycles. The van der Waals surface area contributed by atoms with Crippen molar-refractivity contribution >= 4 is 45.1 Å². The van der Waals surface area contributed by atoms with Gasteiger partial charge in [-0.1, -0.05) is 45.7 Å². The molecule has 0 aliphatic heterocycles. The Labute approximate surface area is 135 Å². The van der Waals surface area contributed by atoms with Crippen LogP contribution in [-0.2, 0) is 4.79 Å². The molecule has 0 heterocycles. The fraction of sp³-hybridized carbons (Fsp3) is 0.0667. The maximum absolute atomic E-state index is 12.6. The van der Waals surface area contributed by atoms with E-state index in [0.29, 0.717) is 10.2 Å². The molecule has 2 aromatic carbocycles. The summed E-state index contributed by atoms with van der Waals surface area (Å²) in [5.41, 5.74) is 0.747. The monoisotopic (exact) mass is 367 g/mol. The van der Waals surface area contributed by atoms with Crippen molar-refractivity contribution in [2.45, 2.75) is 0 Å². The summed E-state index contributed by atoms with van der Waals surface area (Å²) in [7, 11) is 0. The highest BCUT2D eigenvalue weighted by Gasteiger charge is 2.22. The minimum Gasteiger partial charge on any atom is -0.480 e. The van der Waals surface area contributed by atoms with E-state index in [9.17, 15) is 9.59 Å². The van der Waals surface area contributed by atoms with Crippen molar-refractivity contribution < 1.29 is 14.7 Å². The van der Waals surface area contributed by atoms with Crippen LogP contribution in [0.5, 0.6) is 0 Å². The van der Waals surface area contributed by atoms with Gasteiger partial charge in [-0.05, 0) is 30.3 Å². The molecule has 0 aliphatic carbocycles. The van der Waals surface area contributed by atoms with E-state index in [1.54, 1.807) is 48.5 Å². The number of para-hydroxylation sites is 1. The summed E-state index contributed by atoms with van der Waals surface area (Å²) >= 11 is 9.32. The predicted octanol–water partition coefficient (Wildman–Crippen LogP) is 3.83. The third-order valence-corrected chi connectivity index (χ3v) is 3.59. The van der Waals surface area contributed by atoms with Crippen molar-refractivity contribution in [3.8, 4) is 0 Å². The lowest BCUT2D eigenvalue weighted by Gasteiger charge is -2.21. The summed E-state index contributed by atoms with van der Waals surface area (Å²) in [6, 6.07) is 13.5. The van der Waals surface area contributed by atoms with E-state index in [2.05, 4.69) is 15.9 Å². The first kappa shape index (κ1) is 15.5. The van der Waals surface area contributed by atoms with Crippen LogP contribution in [0.25, 0.3) is 0 Å². The summed E-state index contributed by atoms with van der Waals surface area (Å²) < 4.78 is 0.693. The minimum atomic E-state index is -1.10. The van der Waals surface area contributed by atoms with E-state index in [4.69, 9.17) is 16.7 Å². The molecule has 6 heteroatoms. The van der Waals surface area contributed by atoms with Crippen LogP contribution >= 0.6 is 27.5 Å². The second kappa shape index (κ2) is 6.74. The molecule has 0 fully saturated rings. The predicted molar refractivity (Wildman–Crippen MR) is 84.9 cm³/mol. The molecule has 0 radical (unpaired) electrons. The van der Waals surface area contributed by atoms with Gasteiger partial charge in [-0.2, -0.15) is 0 Å². The van der Waals surface area contributed by atoms with Gasteiger partial charge in [0.25, 0.3) is 5.91 Å². The average molecular weight is 369 g/mol. The Bertz CT molecular complexity index is 676. The molecule has 21 heavy (non-hydrogen) atoms. The van der Waals surface area contributed by atoms with E-state index in [-0.39, 0.29) is 10.6 Å². The molecule has 0 aliphatic rings. The number of halogens is 2. The fourth-order valence-electron chi connectivity index (χ4n) is 1.83. The maximum Gasteiger partial charge on any atom is 0.323 e. The molecule has 0 aromatic heterocycles. The number of amides is 1. The third-order valence-electron chi connectivity index (χ3n) is 2.77. The Balaban J connectivity index is 2.43. The smallest absolute Gasteiger partial charge is 0.323 e. The number of carboxylic acid groups (broad SMARTS) is 1. The van der Waals surface area contributed by atoms with E-state index in [0.717, 1.165) is 0 Å². The second-order valence-electron chi connectivity index (χ2n) is 4.24. The number of carbonyl (C=O) groups is 2. The highest BCUT2D eigenvalue weighted by atomic mass is 79.9. The van der Waals surface area contributed by atoms with E-state index in [1.165, 1.54) is 4.90 Å². The van der Waals surface area contributed by atoms with Crippen molar-refractivity contribution in [3.63, 3.8) is 0 Å². The van der Waals surface area contributed by atoms with Gasteiger partial charge in [0, 0.05) is 10.2 Å². The molecule has 0 unspecified atom stereocenters. The molecule has 1 N–H and O–H groups in total. The minimum absolute atomic E-state index is 0.246. The van der Waals surface area contributed by atoms with Gasteiger partial charge in [-0.15, -0.1) is 0 Å². The molecule has 2 aromatic rings. The first-order chi connectivity index (χ1) is 9.99. The van der Waals surface area contributed by atoms with Gasteiger partial charge >= 0.3 is 5.97 Å². The number of hydrogen-bond donors (Lipinski definition) is 1. The standard InChI is InChI=1S/C15H11BrClNO3/c16-10-6-7-13(17)12(8-10)15(21)18(9-14(19)20)11-4-2-1-3-5-11/h1-8H,9H2,(H,19,20). The van der Waals surface area contributed by atoms with Crippen LogP contribution in [0.1, 0.15) is 10.4 Å². The molecule has 0 saturated carbocycles. The summed E-state index contributed by atoms with van der Waals surface area (Å²) in [5, 5.41) is 9.30. The van der Waals surface area contributed by atoms with Gasteiger partial charge in [0.15, 0.2) is 0 Å². The number of benzene rings is 2. The number of rotatable bonds is 4. The Kier molecular flexibility index (Phi) is 4.98. The molecule has 108 valence electrons. The average Bonchev–Trinajstić information content (AvgIpc) is 2.47. The van der Waals surface area contributed by atoms with E-state index in [1.807, 2.05) is 0 Å². The Morgan fingerprint density at radius 1 is 1.14 bits per heavy atom. The highest BCUT2D eigenvalue weighted by Crippen LogP contribution is 2.24. The molecule has 4 nitrogen and oxygen atoms in total. The zero-order chi connectivity index (χ0) is 15.4. The number of carboxylic acids is 1. The number of carbonyl (C=O) groups excluding carboxylic acids is 1. The number of nitrogens with zero attached hydrogens (tertiary/aromatic N) is 1. The molecule has 2 rings (SSSR count). The topological polar surface area (TPSA) is 57.6 Å². The van der Waals surface area contributed by atoms with E-state index < -0.39 is 18.4 Å². The maximum atomic E-state index is 12.6. The number of anilines is 1. The Hall–Kier alpha value is -1.85. The van der Waals surface area contributed by atoms with Gasteiger partial charge in [0.1, 0.15) is 6.54 Å². The Morgan fingerprint density at radius 3 is 2.43 bits per heavy atom. The van der Waals surface area contributed by atoms with Crippen molar-refractivity contribution in [2.24, 2.45) is 0 Å². The summed E-state index contributed by atoms with van der Waals surface area (Å²) in [6.07, 6.45) is 0. The van der Waals surface area contributed by atoms with Gasteiger partial charge in [0.05, 0.1) is 10.6 Å². The van der Waals surface area contributed by atoms with Crippen molar-refractivity contribution in [1.82, 2.24) is 0 Å². The first-order valence-electron chi connectivity index (χ1n) is 6.03. The Morgan fingerprint density at radius 2 is 1.81 bits per heavy atom. The molecule has 1 amide bonds. The van der Waals surface area contributed by atoms with Crippen LogP contribution in [0, 0.1) is 0 Å². The van der Waals surface area contributed by atoms with Crippen LogP contribution in [0.3, 0.4) is 0 Å². The van der Waals surface area contributed by atoms with Crippen molar-refractivity contribution in [3.05, 3.63) is 63.6 Å². The fourth-order valence-corrected chi connectivity index (χ4v) is 2.39. The van der Waals surface area contributed by atoms with Gasteiger partial charge < -0.3 is 5.11 Å². The van der Waals surface area contributed by atoms with Crippen LogP contribution in [0.2, 0.25) is 5.02 Å². The highest BCUT2D eigenvalue weighted by molar-refractivity contribution is 9.10. The van der Waals surface area contributed by atoms with Gasteiger partial charge in [0.2, 0.25) is 0 Å². The van der Waals surface area contributed by atoms with Crippen LogP contribution in [-0.4, -0.2) is 23.5 Å². The summed E-state index contributed by atoms with van der Waals surface area (Å²) in [4.78, 5) is 24.8. The molecule has 0 atom stereocenters. The molecule has 0 bridgehead atoms. The number of aliphatic carboxylic acids is 1. The SMILES string of the molecule is O=C(O)CN(C(=O)c1cc(Br)ccc1Cl)c1ccccc1. The van der Waals surface area contributed by atoms with Crippen LogP contribution < -0.4 is 4.90 Å².